The van der Waals surface area contributed by atoms with Crippen molar-refractivity contribution in [3.8, 4) is 0 Å². The maximum absolute atomic E-state index is 15.2. The van der Waals surface area contributed by atoms with Gasteiger partial charge in [-0.1, -0.05) is 23.3 Å². The maximum atomic E-state index is 15.2. The SMILES string of the molecule is Cc1nnc2sc(C(=O)N3CC(F)(c4cccc(N=[N+]=[N-])c4)C3)c(N)c2c1C. The van der Waals surface area contributed by atoms with Crippen molar-refractivity contribution in [1.82, 2.24) is 15.1 Å². The van der Waals surface area contributed by atoms with E-state index in [1.54, 1.807) is 18.2 Å². The standard InChI is InChI=1S/C18H16FN7OS/c1-9-10(2)22-24-16-13(9)14(20)15(28-16)17(27)26-7-18(19,8-26)11-4-3-5-12(6-11)23-25-21/h3-6H,7-8,20H2,1-2H3. The van der Waals surface area contributed by atoms with Crippen LogP contribution in [0.25, 0.3) is 20.7 Å². The number of nitrogens with zero attached hydrogens (tertiary/aromatic N) is 6. The van der Waals surface area contributed by atoms with Crippen molar-refractivity contribution in [2.75, 3.05) is 18.8 Å². The topological polar surface area (TPSA) is 121 Å². The summed E-state index contributed by atoms with van der Waals surface area (Å²) in [6.07, 6.45) is 0. The van der Waals surface area contributed by atoms with E-state index < -0.39 is 5.67 Å². The molecule has 28 heavy (non-hydrogen) atoms. The number of thiophene rings is 1. The van der Waals surface area contributed by atoms with Crippen LogP contribution in [0.3, 0.4) is 0 Å². The number of benzene rings is 1. The number of carbonyl (C=O) groups is 1. The number of anilines is 1. The number of aromatic nitrogens is 2. The normalized spacial score (nSPS) is 15.2. The second-order valence-electron chi connectivity index (χ2n) is 6.80. The molecule has 0 bridgehead atoms. The van der Waals surface area contributed by atoms with Crippen LogP contribution in [0.5, 0.6) is 0 Å². The summed E-state index contributed by atoms with van der Waals surface area (Å²) in [5, 5.41) is 12.4. The Morgan fingerprint density at radius 1 is 1.39 bits per heavy atom. The third-order valence-electron chi connectivity index (χ3n) is 5.02. The van der Waals surface area contributed by atoms with Gasteiger partial charge in [0.15, 0.2) is 5.67 Å². The fourth-order valence-corrected chi connectivity index (χ4v) is 4.39. The van der Waals surface area contributed by atoms with Gasteiger partial charge in [0.2, 0.25) is 0 Å². The molecule has 3 aromatic rings. The zero-order valence-electron chi connectivity index (χ0n) is 15.2. The number of hydrogen-bond acceptors (Lipinski definition) is 6. The quantitative estimate of drug-likeness (QED) is 0.405. The smallest absolute Gasteiger partial charge is 0.266 e. The van der Waals surface area contributed by atoms with Gasteiger partial charge in [-0.25, -0.2) is 4.39 Å². The Labute approximate surface area is 163 Å². The zero-order valence-corrected chi connectivity index (χ0v) is 16.0. The number of likely N-dealkylation sites (tertiary alicyclic amines) is 1. The number of nitrogens with two attached hydrogens (primary N) is 1. The van der Waals surface area contributed by atoms with Gasteiger partial charge in [0, 0.05) is 16.0 Å². The molecule has 1 fully saturated rings. The lowest BCUT2D eigenvalue weighted by molar-refractivity contribution is -0.0227. The number of rotatable bonds is 3. The summed E-state index contributed by atoms with van der Waals surface area (Å²) >= 11 is 1.17. The molecule has 1 amide bonds. The largest absolute Gasteiger partial charge is 0.397 e. The number of azide groups is 1. The zero-order chi connectivity index (χ0) is 20.1. The van der Waals surface area contributed by atoms with Crippen molar-refractivity contribution in [3.63, 3.8) is 0 Å². The molecule has 8 nitrogen and oxygen atoms in total. The number of nitrogen functional groups attached to an aromatic ring is 1. The highest BCUT2D eigenvalue weighted by Gasteiger charge is 2.48. The molecule has 1 aliphatic rings. The molecule has 10 heteroatoms. The van der Waals surface area contributed by atoms with Crippen molar-refractivity contribution in [2.24, 2.45) is 5.11 Å². The molecule has 4 rings (SSSR count). The van der Waals surface area contributed by atoms with E-state index in [1.165, 1.54) is 22.3 Å². The molecule has 3 heterocycles. The first-order valence-electron chi connectivity index (χ1n) is 8.50. The number of alkyl halides is 1. The first kappa shape index (κ1) is 18.1. The van der Waals surface area contributed by atoms with E-state index in [2.05, 4.69) is 20.2 Å². The lowest BCUT2D eigenvalue weighted by Crippen LogP contribution is -2.58. The summed E-state index contributed by atoms with van der Waals surface area (Å²) in [7, 11) is 0. The van der Waals surface area contributed by atoms with E-state index >= 15 is 4.39 Å². The van der Waals surface area contributed by atoms with Crippen LogP contribution >= 0.6 is 11.3 Å². The third-order valence-corrected chi connectivity index (χ3v) is 6.10. The van der Waals surface area contributed by atoms with Gasteiger partial charge in [-0.2, -0.15) is 5.10 Å². The Bertz CT molecular complexity index is 1160. The third kappa shape index (κ3) is 2.74. The molecule has 1 aliphatic heterocycles. The van der Waals surface area contributed by atoms with Crippen molar-refractivity contribution in [3.05, 3.63) is 56.4 Å². The van der Waals surface area contributed by atoms with Gasteiger partial charge in [-0.05, 0) is 36.6 Å². The van der Waals surface area contributed by atoms with Gasteiger partial charge in [0.05, 0.1) is 24.5 Å². The molecule has 0 radical (unpaired) electrons. The molecule has 1 aromatic carbocycles. The molecule has 0 aliphatic carbocycles. The van der Waals surface area contributed by atoms with E-state index in [1.807, 2.05) is 13.8 Å². The van der Waals surface area contributed by atoms with Crippen LogP contribution in [0.1, 0.15) is 26.5 Å². The summed E-state index contributed by atoms with van der Waals surface area (Å²) in [6, 6.07) is 6.33. The van der Waals surface area contributed by atoms with Crippen LogP contribution in [-0.4, -0.2) is 34.1 Å². The van der Waals surface area contributed by atoms with E-state index in [0.717, 1.165) is 16.6 Å². The number of aryl methyl sites for hydroxylation is 2. The molecule has 142 valence electrons. The molecule has 0 unspecified atom stereocenters. The average molecular weight is 397 g/mol. The van der Waals surface area contributed by atoms with E-state index in [9.17, 15) is 4.79 Å². The van der Waals surface area contributed by atoms with Crippen LogP contribution < -0.4 is 5.73 Å². The van der Waals surface area contributed by atoms with Gasteiger partial charge in [-0.3, -0.25) is 4.79 Å². The van der Waals surface area contributed by atoms with Crippen molar-refractivity contribution < 1.29 is 9.18 Å². The highest BCUT2D eigenvalue weighted by Crippen LogP contribution is 2.41. The molecule has 0 saturated carbocycles. The molecule has 0 spiro atoms. The summed E-state index contributed by atoms with van der Waals surface area (Å²) in [5.74, 6) is -0.322. The molecular weight excluding hydrogens is 381 g/mol. The Morgan fingerprint density at radius 2 is 2.14 bits per heavy atom. The van der Waals surface area contributed by atoms with Crippen molar-refractivity contribution >= 4 is 38.8 Å². The molecule has 2 N–H and O–H groups in total. The van der Waals surface area contributed by atoms with Gasteiger partial charge < -0.3 is 10.6 Å². The maximum Gasteiger partial charge on any atom is 0.266 e. The van der Waals surface area contributed by atoms with Crippen LogP contribution in [0.4, 0.5) is 15.8 Å². The Balaban J connectivity index is 1.60. The predicted molar refractivity (Wildman–Crippen MR) is 105 cm³/mol. The molecule has 0 atom stereocenters. The lowest BCUT2D eigenvalue weighted by atomic mass is 9.87. The van der Waals surface area contributed by atoms with Crippen LogP contribution in [0.15, 0.2) is 29.4 Å². The number of amides is 1. The highest BCUT2D eigenvalue weighted by atomic mass is 32.1. The number of fused-ring (bicyclic) bond motifs is 1. The minimum Gasteiger partial charge on any atom is -0.397 e. The molecule has 2 aromatic heterocycles. The summed E-state index contributed by atoms with van der Waals surface area (Å²) in [4.78, 5) is 17.9. The summed E-state index contributed by atoms with van der Waals surface area (Å²) in [5.41, 5.74) is 15.8. The van der Waals surface area contributed by atoms with Gasteiger partial charge >= 0.3 is 0 Å². The Kier molecular flexibility index (Phi) is 4.17. The number of carbonyl (C=O) groups excluding carboxylic acids is 1. The summed E-state index contributed by atoms with van der Waals surface area (Å²) < 4.78 is 15.2. The second kappa shape index (κ2) is 6.43. The Morgan fingerprint density at radius 3 is 2.86 bits per heavy atom. The minimum absolute atomic E-state index is 0.0943. The van der Waals surface area contributed by atoms with Crippen LogP contribution in [0, 0.1) is 13.8 Å². The lowest BCUT2D eigenvalue weighted by Gasteiger charge is -2.44. The van der Waals surface area contributed by atoms with Crippen LogP contribution in [0.2, 0.25) is 0 Å². The Hall–Kier alpha value is -3.23. The van der Waals surface area contributed by atoms with Crippen LogP contribution in [-0.2, 0) is 5.67 Å². The van der Waals surface area contributed by atoms with Crippen molar-refractivity contribution in [1.29, 1.82) is 0 Å². The van der Waals surface area contributed by atoms with Crippen molar-refractivity contribution in [2.45, 2.75) is 19.5 Å². The number of halogens is 1. The predicted octanol–water partition coefficient (Wildman–Crippen LogP) is 4.15. The first-order chi connectivity index (χ1) is 13.3. The molecular formula is C18H16FN7OS. The first-order valence-corrected chi connectivity index (χ1v) is 9.31. The highest BCUT2D eigenvalue weighted by molar-refractivity contribution is 7.21. The summed E-state index contributed by atoms with van der Waals surface area (Å²) in [6.45, 7) is 3.53. The molecule has 1 saturated heterocycles. The van der Waals surface area contributed by atoms with E-state index in [0.29, 0.717) is 26.6 Å². The van der Waals surface area contributed by atoms with E-state index in [4.69, 9.17) is 11.3 Å². The number of hydrogen-bond donors (Lipinski definition) is 1. The average Bonchev–Trinajstić information content (AvgIpc) is 2.99. The van der Waals surface area contributed by atoms with Gasteiger partial charge in [0.1, 0.15) is 9.71 Å². The second-order valence-corrected chi connectivity index (χ2v) is 7.80. The monoisotopic (exact) mass is 397 g/mol. The van der Waals surface area contributed by atoms with Gasteiger partial charge in [0.25, 0.3) is 5.91 Å². The van der Waals surface area contributed by atoms with Gasteiger partial charge in [-0.15, -0.1) is 16.4 Å². The fraction of sp³-hybridized carbons (Fsp3) is 0.278. The minimum atomic E-state index is -1.69. The fourth-order valence-electron chi connectivity index (χ4n) is 3.33. The van der Waals surface area contributed by atoms with E-state index in [-0.39, 0.29) is 19.0 Å².